The van der Waals surface area contributed by atoms with Crippen molar-refractivity contribution < 1.29 is 9.57 Å². The van der Waals surface area contributed by atoms with Crippen LogP contribution in [0.3, 0.4) is 0 Å². The molecule has 3 nitrogen and oxygen atoms in total. The van der Waals surface area contributed by atoms with Crippen molar-refractivity contribution >= 4 is 5.69 Å². The zero-order chi connectivity index (χ0) is 11.7. The lowest BCUT2D eigenvalue weighted by atomic mass is 10.2. The summed E-state index contributed by atoms with van der Waals surface area (Å²) < 4.78 is 5.29. The first kappa shape index (κ1) is 10.0. The highest BCUT2D eigenvalue weighted by molar-refractivity contribution is 5.55. The smallest absolute Gasteiger partial charge is 0.202 e. The van der Waals surface area contributed by atoms with Crippen molar-refractivity contribution in [1.82, 2.24) is 0 Å². The summed E-state index contributed by atoms with van der Waals surface area (Å²) in [5, 5.41) is 1.87. The fraction of sp³-hybridized carbons (Fsp3) is 0.143. The van der Waals surface area contributed by atoms with E-state index in [0.29, 0.717) is 0 Å². The van der Waals surface area contributed by atoms with E-state index in [-0.39, 0.29) is 0 Å². The maximum absolute atomic E-state index is 5.82. The molecule has 1 aliphatic heterocycles. The Morgan fingerprint density at radius 3 is 2.65 bits per heavy atom. The lowest BCUT2D eigenvalue weighted by molar-refractivity contribution is 0.290. The maximum atomic E-state index is 5.82. The minimum atomic E-state index is 0.747. The van der Waals surface area contributed by atoms with Crippen molar-refractivity contribution in [1.29, 1.82) is 0 Å². The standard InChI is InChI=1S/C14H13NO2/c1-16-13-9-5-6-11-10-15(17-14(11)13)12-7-3-2-4-8-12/h2-9H,10H2,1H3. The number of rotatable bonds is 2. The third-order valence-corrected chi connectivity index (χ3v) is 2.84. The molecular formula is C14H13NO2. The van der Waals surface area contributed by atoms with Gasteiger partial charge in [-0.1, -0.05) is 30.3 Å². The van der Waals surface area contributed by atoms with E-state index < -0.39 is 0 Å². The average molecular weight is 227 g/mol. The molecule has 17 heavy (non-hydrogen) atoms. The molecule has 0 radical (unpaired) electrons. The van der Waals surface area contributed by atoms with Gasteiger partial charge in [-0.25, -0.2) is 5.06 Å². The van der Waals surface area contributed by atoms with Gasteiger partial charge in [0.15, 0.2) is 5.75 Å². The van der Waals surface area contributed by atoms with Crippen molar-refractivity contribution in [2.24, 2.45) is 0 Å². The molecular weight excluding hydrogens is 214 g/mol. The SMILES string of the molecule is COc1cccc2c1ON(c1ccccc1)C2. The Labute approximate surface area is 100 Å². The van der Waals surface area contributed by atoms with Crippen LogP contribution in [0.5, 0.6) is 11.5 Å². The number of anilines is 1. The van der Waals surface area contributed by atoms with Crippen LogP contribution >= 0.6 is 0 Å². The van der Waals surface area contributed by atoms with Crippen molar-refractivity contribution in [3.05, 3.63) is 54.1 Å². The molecule has 86 valence electrons. The predicted molar refractivity (Wildman–Crippen MR) is 66.2 cm³/mol. The Bertz CT molecular complexity index is 525. The number of hydrogen-bond donors (Lipinski definition) is 0. The Morgan fingerprint density at radius 2 is 1.88 bits per heavy atom. The Hall–Kier alpha value is -2.16. The van der Waals surface area contributed by atoms with Crippen molar-refractivity contribution in [3.63, 3.8) is 0 Å². The average Bonchev–Trinajstić information content (AvgIpc) is 2.83. The predicted octanol–water partition coefficient (Wildman–Crippen LogP) is 3.01. The number of methoxy groups -OCH3 is 1. The van der Waals surface area contributed by atoms with Gasteiger partial charge in [0.2, 0.25) is 5.75 Å². The zero-order valence-corrected chi connectivity index (χ0v) is 9.59. The van der Waals surface area contributed by atoms with Gasteiger partial charge in [0.1, 0.15) is 0 Å². The molecule has 1 heterocycles. The summed E-state index contributed by atoms with van der Waals surface area (Å²) in [6.07, 6.45) is 0. The molecule has 0 saturated heterocycles. The van der Waals surface area contributed by atoms with Gasteiger partial charge in [-0.15, -0.1) is 0 Å². The summed E-state index contributed by atoms with van der Waals surface area (Å²) in [7, 11) is 1.66. The van der Waals surface area contributed by atoms with Gasteiger partial charge in [-0.3, -0.25) is 0 Å². The minimum absolute atomic E-state index is 0.747. The molecule has 0 spiro atoms. The van der Waals surface area contributed by atoms with Crippen LogP contribution in [-0.2, 0) is 6.54 Å². The van der Waals surface area contributed by atoms with Gasteiger partial charge in [0, 0.05) is 5.56 Å². The highest BCUT2D eigenvalue weighted by Gasteiger charge is 2.24. The van der Waals surface area contributed by atoms with Gasteiger partial charge >= 0.3 is 0 Å². The lowest BCUT2D eigenvalue weighted by Crippen LogP contribution is -2.19. The molecule has 2 aromatic carbocycles. The second-order valence-electron chi connectivity index (χ2n) is 3.91. The number of hydrogen-bond acceptors (Lipinski definition) is 3. The Kier molecular flexibility index (Phi) is 2.37. The molecule has 0 unspecified atom stereocenters. The number of benzene rings is 2. The van der Waals surface area contributed by atoms with E-state index in [9.17, 15) is 0 Å². The van der Waals surface area contributed by atoms with E-state index in [4.69, 9.17) is 9.57 Å². The van der Waals surface area contributed by atoms with Crippen molar-refractivity contribution in [3.8, 4) is 11.5 Å². The fourth-order valence-electron chi connectivity index (χ4n) is 1.99. The Balaban J connectivity index is 1.93. The van der Waals surface area contributed by atoms with E-state index in [0.717, 1.165) is 29.3 Å². The van der Waals surface area contributed by atoms with Crippen LogP contribution in [0.25, 0.3) is 0 Å². The van der Waals surface area contributed by atoms with Crippen LogP contribution in [0.15, 0.2) is 48.5 Å². The van der Waals surface area contributed by atoms with Crippen LogP contribution < -0.4 is 14.6 Å². The summed E-state index contributed by atoms with van der Waals surface area (Å²) in [6.45, 7) is 0.747. The van der Waals surface area contributed by atoms with E-state index in [1.54, 1.807) is 7.11 Å². The van der Waals surface area contributed by atoms with Gasteiger partial charge in [-0.2, -0.15) is 0 Å². The molecule has 1 aliphatic rings. The molecule has 0 aromatic heterocycles. The molecule has 0 bridgehead atoms. The largest absolute Gasteiger partial charge is 0.493 e. The van der Waals surface area contributed by atoms with Crippen LogP contribution in [-0.4, -0.2) is 7.11 Å². The van der Waals surface area contributed by atoms with E-state index >= 15 is 0 Å². The summed E-state index contributed by atoms with van der Waals surface area (Å²) in [5.41, 5.74) is 2.19. The van der Waals surface area contributed by atoms with Gasteiger partial charge in [0.05, 0.1) is 19.3 Å². The molecule has 0 fully saturated rings. The van der Waals surface area contributed by atoms with Crippen molar-refractivity contribution in [2.45, 2.75) is 6.54 Å². The molecule has 3 rings (SSSR count). The van der Waals surface area contributed by atoms with E-state index in [1.165, 1.54) is 0 Å². The summed E-state index contributed by atoms with van der Waals surface area (Å²) in [5.74, 6) is 1.60. The lowest BCUT2D eigenvalue weighted by Gasteiger charge is -2.16. The summed E-state index contributed by atoms with van der Waals surface area (Å²) in [4.78, 5) is 5.82. The highest BCUT2D eigenvalue weighted by Crippen LogP contribution is 2.38. The molecule has 0 aliphatic carbocycles. The quantitative estimate of drug-likeness (QED) is 0.787. The number of fused-ring (bicyclic) bond motifs is 1. The van der Waals surface area contributed by atoms with Gasteiger partial charge in [0.25, 0.3) is 0 Å². The molecule has 3 heteroatoms. The zero-order valence-electron chi connectivity index (χ0n) is 9.59. The third kappa shape index (κ3) is 1.69. The third-order valence-electron chi connectivity index (χ3n) is 2.84. The normalized spacial score (nSPS) is 13.1. The summed E-state index contributed by atoms with van der Waals surface area (Å²) >= 11 is 0. The van der Waals surface area contributed by atoms with Gasteiger partial charge < -0.3 is 9.57 Å². The second-order valence-corrected chi connectivity index (χ2v) is 3.91. The number of ether oxygens (including phenoxy) is 1. The first-order valence-corrected chi connectivity index (χ1v) is 5.55. The van der Waals surface area contributed by atoms with Crippen LogP contribution in [0.4, 0.5) is 5.69 Å². The number of para-hydroxylation sites is 2. The first-order valence-electron chi connectivity index (χ1n) is 5.55. The summed E-state index contributed by atoms with van der Waals surface area (Å²) in [6, 6.07) is 16.0. The van der Waals surface area contributed by atoms with Crippen molar-refractivity contribution in [2.75, 3.05) is 12.2 Å². The Morgan fingerprint density at radius 1 is 1.06 bits per heavy atom. The minimum Gasteiger partial charge on any atom is -0.493 e. The number of hydroxylamine groups is 1. The van der Waals surface area contributed by atoms with Gasteiger partial charge in [-0.05, 0) is 18.2 Å². The van der Waals surface area contributed by atoms with Crippen LogP contribution in [0.1, 0.15) is 5.56 Å². The molecule has 2 aromatic rings. The maximum Gasteiger partial charge on any atom is 0.202 e. The fourth-order valence-corrected chi connectivity index (χ4v) is 1.99. The topological polar surface area (TPSA) is 21.7 Å². The monoisotopic (exact) mass is 227 g/mol. The molecule has 0 N–H and O–H groups in total. The first-order chi connectivity index (χ1) is 8.38. The number of nitrogens with zero attached hydrogens (tertiary/aromatic N) is 1. The molecule has 0 saturated carbocycles. The second kappa shape index (κ2) is 4.01. The van der Waals surface area contributed by atoms with Crippen LogP contribution in [0.2, 0.25) is 0 Å². The van der Waals surface area contributed by atoms with Crippen LogP contribution in [0, 0.1) is 0 Å². The van der Waals surface area contributed by atoms with E-state index in [2.05, 4.69) is 6.07 Å². The molecule has 0 amide bonds. The van der Waals surface area contributed by atoms with E-state index in [1.807, 2.05) is 47.5 Å². The highest BCUT2D eigenvalue weighted by atomic mass is 16.7. The molecule has 0 atom stereocenters.